The number of hydrogen-bond donors (Lipinski definition) is 0. The van der Waals surface area contributed by atoms with Gasteiger partial charge in [-0.25, -0.2) is 0 Å². The standard InChI is InChI=1S/C7H14O2.C5H10O2/c1-5(2)7(8)9-6(3)4;1-3-4-7-5(2)6/h5-6H,1-4H3;3-4H2,1-2H3. The Bertz CT molecular complexity index is 197. The maximum absolute atomic E-state index is 10.7. The molecule has 0 bridgehead atoms. The summed E-state index contributed by atoms with van der Waals surface area (Å²) in [5, 5.41) is 0. The second-order valence-corrected chi connectivity index (χ2v) is 3.98. The van der Waals surface area contributed by atoms with Crippen LogP contribution in [0.25, 0.3) is 0 Å². The minimum atomic E-state index is -0.193. The van der Waals surface area contributed by atoms with Gasteiger partial charge in [0.05, 0.1) is 18.6 Å². The van der Waals surface area contributed by atoms with Crippen LogP contribution in [0.1, 0.15) is 48.0 Å². The van der Waals surface area contributed by atoms with Crippen molar-refractivity contribution in [1.82, 2.24) is 0 Å². The fourth-order valence-corrected chi connectivity index (χ4v) is 0.614. The second-order valence-electron chi connectivity index (χ2n) is 3.98. The van der Waals surface area contributed by atoms with Crippen molar-refractivity contribution in [2.75, 3.05) is 6.61 Å². The van der Waals surface area contributed by atoms with Crippen molar-refractivity contribution in [1.29, 1.82) is 0 Å². The van der Waals surface area contributed by atoms with Crippen molar-refractivity contribution in [3.8, 4) is 0 Å². The molecule has 0 fully saturated rings. The van der Waals surface area contributed by atoms with Gasteiger partial charge in [0.1, 0.15) is 0 Å². The first-order valence-electron chi connectivity index (χ1n) is 5.65. The Hall–Kier alpha value is -1.06. The summed E-state index contributed by atoms with van der Waals surface area (Å²) in [6.07, 6.45) is 0.916. The summed E-state index contributed by atoms with van der Waals surface area (Å²) in [4.78, 5) is 20.7. The highest BCUT2D eigenvalue weighted by Gasteiger charge is 2.08. The third kappa shape index (κ3) is 15.4. The summed E-state index contributed by atoms with van der Waals surface area (Å²) in [7, 11) is 0. The van der Waals surface area contributed by atoms with E-state index in [1.807, 2.05) is 34.6 Å². The maximum Gasteiger partial charge on any atom is 0.308 e. The largest absolute Gasteiger partial charge is 0.466 e. The molecule has 16 heavy (non-hydrogen) atoms. The molecule has 0 radical (unpaired) electrons. The molecule has 0 amide bonds. The molecule has 4 nitrogen and oxygen atoms in total. The Morgan fingerprint density at radius 2 is 1.62 bits per heavy atom. The molecule has 0 rings (SSSR count). The van der Waals surface area contributed by atoms with Gasteiger partial charge in [-0.2, -0.15) is 0 Å². The first kappa shape index (κ1) is 17.3. The summed E-state index contributed by atoms with van der Waals surface area (Å²) >= 11 is 0. The van der Waals surface area contributed by atoms with E-state index in [1.54, 1.807) is 0 Å². The highest BCUT2D eigenvalue weighted by molar-refractivity contribution is 5.71. The van der Waals surface area contributed by atoms with E-state index in [9.17, 15) is 9.59 Å². The summed E-state index contributed by atoms with van der Waals surface area (Å²) in [6, 6.07) is 0. The molecule has 0 N–H and O–H groups in total. The lowest BCUT2D eigenvalue weighted by Crippen LogP contribution is -2.16. The molecule has 0 unspecified atom stereocenters. The van der Waals surface area contributed by atoms with Crippen LogP contribution in [0.2, 0.25) is 0 Å². The van der Waals surface area contributed by atoms with Crippen molar-refractivity contribution in [2.24, 2.45) is 5.92 Å². The van der Waals surface area contributed by atoms with Gasteiger partial charge in [0.2, 0.25) is 0 Å². The average molecular weight is 232 g/mol. The zero-order valence-corrected chi connectivity index (χ0v) is 11.2. The molecule has 0 saturated carbocycles. The highest BCUT2D eigenvalue weighted by Crippen LogP contribution is 1.98. The summed E-state index contributed by atoms with van der Waals surface area (Å²) in [5.41, 5.74) is 0. The van der Waals surface area contributed by atoms with Crippen molar-refractivity contribution in [3.05, 3.63) is 0 Å². The quantitative estimate of drug-likeness (QED) is 0.699. The molecular formula is C12H24O4. The lowest BCUT2D eigenvalue weighted by Gasteiger charge is -2.08. The Morgan fingerprint density at radius 1 is 1.12 bits per heavy atom. The molecule has 4 heteroatoms. The van der Waals surface area contributed by atoms with Gasteiger partial charge in [-0.15, -0.1) is 0 Å². The third-order valence-electron chi connectivity index (χ3n) is 1.33. The molecule has 0 heterocycles. The van der Waals surface area contributed by atoms with Crippen LogP contribution in [0.4, 0.5) is 0 Å². The van der Waals surface area contributed by atoms with Crippen LogP contribution in [0, 0.1) is 5.92 Å². The average Bonchev–Trinajstić information content (AvgIpc) is 2.14. The van der Waals surface area contributed by atoms with E-state index in [4.69, 9.17) is 4.74 Å². The third-order valence-corrected chi connectivity index (χ3v) is 1.33. The van der Waals surface area contributed by atoms with Gasteiger partial charge in [0.15, 0.2) is 0 Å². The SMILES string of the molecule is CC(C)OC(=O)C(C)C.CCCOC(C)=O. The molecule has 0 aromatic rings. The van der Waals surface area contributed by atoms with Gasteiger partial charge in [-0.05, 0) is 20.3 Å². The molecule has 0 spiro atoms. The van der Waals surface area contributed by atoms with Crippen LogP contribution in [0.3, 0.4) is 0 Å². The lowest BCUT2D eigenvalue weighted by molar-refractivity contribution is -0.151. The fourth-order valence-electron chi connectivity index (χ4n) is 0.614. The van der Waals surface area contributed by atoms with E-state index in [1.165, 1.54) is 6.92 Å². The van der Waals surface area contributed by atoms with E-state index in [2.05, 4.69) is 4.74 Å². The summed E-state index contributed by atoms with van der Waals surface area (Å²) in [6.45, 7) is 11.3. The Morgan fingerprint density at radius 3 is 1.75 bits per heavy atom. The van der Waals surface area contributed by atoms with E-state index in [0.717, 1.165) is 6.42 Å². The monoisotopic (exact) mass is 232 g/mol. The maximum atomic E-state index is 10.7. The molecule has 0 aliphatic carbocycles. The van der Waals surface area contributed by atoms with E-state index >= 15 is 0 Å². The Labute approximate surface area is 98.3 Å². The van der Waals surface area contributed by atoms with Crippen LogP contribution in [-0.2, 0) is 19.1 Å². The number of esters is 2. The van der Waals surface area contributed by atoms with Crippen LogP contribution in [0.15, 0.2) is 0 Å². The molecule has 0 saturated heterocycles. The topological polar surface area (TPSA) is 52.6 Å². The van der Waals surface area contributed by atoms with E-state index < -0.39 is 0 Å². The number of carbonyl (C=O) groups is 2. The van der Waals surface area contributed by atoms with Crippen LogP contribution < -0.4 is 0 Å². The predicted octanol–water partition coefficient (Wildman–Crippen LogP) is 2.55. The van der Waals surface area contributed by atoms with Crippen molar-refractivity contribution >= 4 is 11.9 Å². The smallest absolute Gasteiger partial charge is 0.308 e. The lowest BCUT2D eigenvalue weighted by atomic mass is 10.2. The zero-order valence-electron chi connectivity index (χ0n) is 11.2. The predicted molar refractivity (Wildman–Crippen MR) is 63.0 cm³/mol. The van der Waals surface area contributed by atoms with Gasteiger partial charge < -0.3 is 9.47 Å². The van der Waals surface area contributed by atoms with E-state index in [-0.39, 0.29) is 24.0 Å². The van der Waals surface area contributed by atoms with Crippen molar-refractivity contribution in [2.45, 2.75) is 54.1 Å². The molecule has 0 aliphatic heterocycles. The van der Waals surface area contributed by atoms with Gasteiger partial charge >= 0.3 is 11.9 Å². The number of ether oxygens (including phenoxy) is 2. The van der Waals surface area contributed by atoms with E-state index in [0.29, 0.717) is 6.61 Å². The van der Waals surface area contributed by atoms with Crippen LogP contribution >= 0.6 is 0 Å². The van der Waals surface area contributed by atoms with Crippen LogP contribution in [-0.4, -0.2) is 24.6 Å². The van der Waals surface area contributed by atoms with Gasteiger partial charge in [-0.1, -0.05) is 20.8 Å². The van der Waals surface area contributed by atoms with Gasteiger partial charge in [0.25, 0.3) is 0 Å². The highest BCUT2D eigenvalue weighted by atomic mass is 16.5. The number of hydrogen-bond acceptors (Lipinski definition) is 4. The minimum absolute atomic E-state index is 0.00704. The summed E-state index contributed by atoms with van der Waals surface area (Å²) in [5.74, 6) is -0.320. The first-order chi connectivity index (χ1) is 7.31. The zero-order chi connectivity index (χ0) is 13.1. The number of rotatable bonds is 4. The Kier molecular flexibility index (Phi) is 11.3. The fraction of sp³-hybridized carbons (Fsp3) is 0.833. The molecule has 0 aromatic carbocycles. The minimum Gasteiger partial charge on any atom is -0.466 e. The molecule has 0 aromatic heterocycles. The summed E-state index contributed by atoms with van der Waals surface area (Å²) < 4.78 is 9.42. The van der Waals surface area contributed by atoms with Crippen molar-refractivity contribution in [3.63, 3.8) is 0 Å². The van der Waals surface area contributed by atoms with Crippen molar-refractivity contribution < 1.29 is 19.1 Å². The molecular weight excluding hydrogens is 208 g/mol. The number of carbonyl (C=O) groups excluding carboxylic acids is 2. The normalized spacial score (nSPS) is 9.50. The molecule has 96 valence electrons. The first-order valence-corrected chi connectivity index (χ1v) is 5.65. The Balaban J connectivity index is 0. The van der Waals surface area contributed by atoms with Gasteiger partial charge in [-0.3, -0.25) is 9.59 Å². The second kappa shape index (κ2) is 10.5. The molecule has 0 aliphatic rings. The molecule has 0 atom stereocenters. The van der Waals surface area contributed by atoms with Gasteiger partial charge in [0, 0.05) is 6.92 Å². The van der Waals surface area contributed by atoms with Crippen LogP contribution in [0.5, 0.6) is 0 Å².